The lowest BCUT2D eigenvalue weighted by atomic mass is 10.1. The monoisotopic (exact) mass is 238 g/mol. The number of benzene rings is 1. The first-order valence-electron chi connectivity index (χ1n) is 5.33. The second kappa shape index (κ2) is 5.51. The van der Waals surface area contributed by atoms with E-state index in [-0.39, 0.29) is 16.3 Å². The van der Waals surface area contributed by atoms with E-state index in [1.54, 1.807) is 0 Å². The highest BCUT2D eigenvalue weighted by atomic mass is 32.2. The molecule has 0 unspecified atom stereocenters. The number of hydrogen-bond donors (Lipinski definition) is 1. The van der Waals surface area contributed by atoms with Gasteiger partial charge in [0.25, 0.3) is 0 Å². The van der Waals surface area contributed by atoms with Gasteiger partial charge in [0.2, 0.25) is 0 Å². The van der Waals surface area contributed by atoms with Gasteiger partial charge in [-0.1, -0.05) is 62.9 Å². The first kappa shape index (κ1) is 13.3. The van der Waals surface area contributed by atoms with Crippen LogP contribution in [0.2, 0.25) is 0 Å². The lowest BCUT2D eigenvalue weighted by Crippen LogP contribution is -2.13. The highest BCUT2D eigenvalue weighted by molar-refractivity contribution is 8.14. The zero-order valence-corrected chi connectivity index (χ0v) is 10.8. The number of carbonyl (C=O) groups excluding carboxylic acids is 1. The van der Waals surface area contributed by atoms with Crippen LogP contribution < -0.4 is 0 Å². The SMILES string of the molecule is CC(C)(C)SC(=O)C[C@@H](O)c1ccccc1. The molecule has 1 aromatic carbocycles. The minimum Gasteiger partial charge on any atom is -0.388 e. The molecule has 0 radical (unpaired) electrons. The third-order valence-corrected chi connectivity index (χ3v) is 2.97. The molecule has 0 saturated carbocycles. The quantitative estimate of drug-likeness (QED) is 0.879. The molecule has 0 heterocycles. The molecule has 0 saturated heterocycles. The maximum Gasteiger partial charge on any atom is 0.192 e. The number of hydrogen-bond acceptors (Lipinski definition) is 3. The number of aliphatic hydroxyl groups is 1. The number of thioether (sulfide) groups is 1. The van der Waals surface area contributed by atoms with Gasteiger partial charge in [-0.25, -0.2) is 0 Å². The molecule has 0 fully saturated rings. The Hall–Kier alpha value is -0.800. The van der Waals surface area contributed by atoms with Crippen LogP contribution in [-0.2, 0) is 4.79 Å². The van der Waals surface area contributed by atoms with Crippen LogP contribution >= 0.6 is 11.8 Å². The summed E-state index contributed by atoms with van der Waals surface area (Å²) in [5.74, 6) is 0. The fourth-order valence-corrected chi connectivity index (χ4v) is 2.26. The molecule has 0 spiro atoms. The van der Waals surface area contributed by atoms with Crippen molar-refractivity contribution < 1.29 is 9.90 Å². The molecule has 0 amide bonds. The van der Waals surface area contributed by atoms with E-state index in [0.717, 1.165) is 5.56 Å². The standard InChI is InChI=1S/C13H18O2S/c1-13(2,3)16-12(15)9-11(14)10-7-5-4-6-8-10/h4-8,11,14H,9H2,1-3H3/t11-/m1/s1. The topological polar surface area (TPSA) is 37.3 Å². The van der Waals surface area contributed by atoms with E-state index in [0.29, 0.717) is 0 Å². The van der Waals surface area contributed by atoms with Gasteiger partial charge in [0, 0.05) is 11.2 Å². The fourth-order valence-electron chi connectivity index (χ4n) is 1.33. The molecule has 1 aromatic rings. The maximum absolute atomic E-state index is 11.6. The molecule has 0 bridgehead atoms. The summed E-state index contributed by atoms with van der Waals surface area (Å²) in [7, 11) is 0. The van der Waals surface area contributed by atoms with Crippen LogP contribution in [0.5, 0.6) is 0 Å². The Bertz CT molecular complexity index is 341. The Labute approximate surface area is 101 Å². The lowest BCUT2D eigenvalue weighted by Gasteiger charge is -2.17. The summed E-state index contributed by atoms with van der Waals surface area (Å²) in [5.41, 5.74) is 0.797. The summed E-state index contributed by atoms with van der Waals surface area (Å²) in [4.78, 5) is 11.6. The van der Waals surface area contributed by atoms with Gasteiger partial charge in [0.15, 0.2) is 5.12 Å². The molecule has 1 N–H and O–H groups in total. The third kappa shape index (κ3) is 4.81. The van der Waals surface area contributed by atoms with Gasteiger partial charge in [-0.2, -0.15) is 0 Å². The van der Waals surface area contributed by atoms with Crippen LogP contribution in [0.4, 0.5) is 0 Å². The van der Waals surface area contributed by atoms with Gasteiger partial charge >= 0.3 is 0 Å². The van der Waals surface area contributed by atoms with Crippen LogP contribution in [0.3, 0.4) is 0 Å². The summed E-state index contributed by atoms with van der Waals surface area (Å²) in [6.07, 6.45) is -0.519. The highest BCUT2D eigenvalue weighted by Gasteiger charge is 2.19. The van der Waals surface area contributed by atoms with Crippen LogP contribution in [0.15, 0.2) is 30.3 Å². The van der Waals surface area contributed by atoms with E-state index in [1.807, 2.05) is 51.1 Å². The Balaban J connectivity index is 2.52. The van der Waals surface area contributed by atoms with Crippen LogP contribution in [-0.4, -0.2) is 15.0 Å². The van der Waals surface area contributed by atoms with E-state index in [1.165, 1.54) is 11.8 Å². The number of aliphatic hydroxyl groups excluding tert-OH is 1. The molecule has 0 aliphatic carbocycles. The van der Waals surface area contributed by atoms with Crippen molar-refractivity contribution in [2.75, 3.05) is 0 Å². The van der Waals surface area contributed by atoms with E-state index >= 15 is 0 Å². The van der Waals surface area contributed by atoms with Crippen molar-refractivity contribution in [3.8, 4) is 0 Å². The lowest BCUT2D eigenvalue weighted by molar-refractivity contribution is -0.112. The Morgan fingerprint density at radius 1 is 1.31 bits per heavy atom. The molecule has 16 heavy (non-hydrogen) atoms. The summed E-state index contributed by atoms with van der Waals surface area (Å²) in [5, 5.41) is 9.88. The zero-order chi connectivity index (χ0) is 12.2. The largest absolute Gasteiger partial charge is 0.388 e. The molecular formula is C13H18O2S. The summed E-state index contributed by atoms with van der Waals surface area (Å²) in [6.45, 7) is 5.97. The molecule has 1 rings (SSSR count). The summed E-state index contributed by atoms with van der Waals surface area (Å²) in [6, 6.07) is 9.28. The normalized spacial score (nSPS) is 13.5. The van der Waals surface area contributed by atoms with Gasteiger partial charge in [0.1, 0.15) is 0 Å². The number of carbonyl (C=O) groups is 1. The molecule has 0 aromatic heterocycles. The van der Waals surface area contributed by atoms with Gasteiger partial charge in [-0.15, -0.1) is 0 Å². The second-order valence-corrected chi connectivity index (χ2v) is 6.60. The van der Waals surface area contributed by atoms with Crippen molar-refractivity contribution >= 4 is 16.9 Å². The van der Waals surface area contributed by atoms with Crippen molar-refractivity contribution in [3.63, 3.8) is 0 Å². The molecule has 2 nitrogen and oxygen atoms in total. The molecule has 1 atom stereocenters. The van der Waals surface area contributed by atoms with Gasteiger partial charge in [-0.05, 0) is 5.56 Å². The van der Waals surface area contributed by atoms with Gasteiger partial charge < -0.3 is 5.11 Å². The Morgan fingerprint density at radius 2 is 1.88 bits per heavy atom. The minimum atomic E-state index is -0.691. The van der Waals surface area contributed by atoms with Gasteiger partial charge in [0.05, 0.1) is 6.10 Å². The van der Waals surface area contributed by atoms with Crippen LogP contribution in [0.1, 0.15) is 38.9 Å². The number of rotatable bonds is 3. The van der Waals surface area contributed by atoms with Crippen molar-refractivity contribution in [1.82, 2.24) is 0 Å². The molecule has 3 heteroatoms. The molecule has 0 aliphatic heterocycles. The summed E-state index contributed by atoms with van der Waals surface area (Å²) < 4.78 is -0.0898. The molecular weight excluding hydrogens is 220 g/mol. The first-order valence-corrected chi connectivity index (χ1v) is 6.15. The van der Waals surface area contributed by atoms with Crippen molar-refractivity contribution in [2.24, 2.45) is 0 Å². The van der Waals surface area contributed by atoms with Crippen molar-refractivity contribution in [3.05, 3.63) is 35.9 Å². The van der Waals surface area contributed by atoms with Gasteiger partial charge in [-0.3, -0.25) is 4.79 Å². The predicted octanol–water partition coefficient (Wildman–Crippen LogP) is 3.17. The zero-order valence-electron chi connectivity index (χ0n) is 9.93. The smallest absolute Gasteiger partial charge is 0.192 e. The predicted molar refractivity (Wildman–Crippen MR) is 68.4 cm³/mol. The van der Waals surface area contributed by atoms with Crippen LogP contribution in [0.25, 0.3) is 0 Å². The molecule has 88 valence electrons. The second-order valence-electron chi connectivity index (χ2n) is 4.72. The van der Waals surface area contributed by atoms with E-state index in [9.17, 15) is 9.90 Å². The van der Waals surface area contributed by atoms with Crippen molar-refractivity contribution in [1.29, 1.82) is 0 Å². The van der Waals surface area contributed by atoms with E-state index in [4.69, 9.17) is 0 Å². The average Bonchev–Trinajstić information content (AvgIpc) is 2.16. The Kier molecular flexibility index (Phi) is 4.56. The average molecular weight is 238 g/mol. The third-order valence-electron chi connectivity index (χ3n) is 1.96. The molecule has 0 aliphatic rings. The first-order chi connectivity index (χ1) is 7.38. The van der Waals surface area contributed by atoms with E-state index < -0.39 is 6.10 Å². The highest BCUT2D eigenvalue weighted by Crippen LogP contribution is 2.28. The fraction of sp³-hybridized carbons (Fsp3) is 0.462. The van der Waals surface area contributed by atoms with E-state index in [2.05, 4.69) is 0 Å². The van der Waals surface area contributed by atoms with Crippen molar-refractivity contribution in [2.45, 2.75) is 38.0 Å². The van der Waals surface area contributed by atoms with Crippen LogP contribution in [0, 0.1) is 0 Å². The Morgan fingerprint density at radius 3 is 2.38 bits per heavy atom. The minimum absolute atomic E-state index is 0.0313. The maximum atomic E-state index is 11.6. The summed E-state index contributed by atoms with van der Waals surface area (Å²) >= 11 is 1.28.